The van der Waals surface area contributed by atoms with E-state index in [-0.39, 0.29) is 4.83 Å². The van der Waals surface area contributed by atoms with Crippen LogP contribution >= 0.6 is 15.9 Å². The van der Waals surface area contributed by atoms with E-state index in [0.29, 0.717) is 6.54 Å². The Balaban J connectivity index is 2.11. The summed E-state index contributed by atoms with van der Waals surface area (Å²) in [4.78, 5) is 0.236. The van der Waals surface area contributed by atoms with Crippen LogP contribution in [0, 0.1) is 0 Å². The zero-order chi connectivity index (χ0) is 10.8. The molecule has 6 heteroatoms. The smallest absolute Gasteiger partial charge is 0.0960 e. The van der Waals surface area contributed by atoms with Crippen molar-refractivity contribution < 1.29 is 0 Å². The van der Waals surface area contributed by atoms with Gasteiger partial charge in [0.1, 0.15) is 0 Å². The molecule has 0 saturated carbocycles. The SMILES string of the molecule is CC(Br)c1cn(Cc2cnn(C)c2)nn1. The first-order chi connectivity index (χ1) is 7.15. The maximum Gasteiger partial charge on any atom is 0.0960 e. The number of aromatic nitrogens is 5. The summed E-state index contributed by atoms with van der Waals surface area (Å²) in [5, 5.41) is 12.2. The van der Waals surface area contributed by atoms with Crippen LogP contribution in [0.25, 0.3) is 0 Å². The van der Waals surface area contributed by atoms with Gasteiger partial charge in [-0.15, -0.1) is 5.10 Å². The third-order valence-corrected chi connectivity index (χ3v) is 2.54. The van der Waals surface area contributed by atoms with E-state index in [1.165, 1.54) is 0 Å². The molecule has 1 atom stereocenters. The highest BCUT2D eigenvalue weighted by molar-refractivity contribution is 9.09. The summed E-state index contributed by atoms with van der Waals surface area (Å²) >= 11 is 3.45. The lowest BCUT2D eigenvalue weighted by Crippen LogP contribution is -1.99. The second-order valence-electron chi connectivity index (χ2n) is 3.48. The molecule has 0 radical (unpaired) electrons. The van der Waals surface area contributed by atoms with E-state index in [4.69, 9.17) is 0 Å². The normalized spacial score (nSPS) is 13.0. The van der Waals surface area contributed by atoms with Crippen LogP contribution in [0.1, 0.15) is 23.0 Å². The fourth-order valence-corrected chi connectivity index (χ4v) is 1.52. The van der Waals surface area contributed by atoms with Crippen molar-refractivity contribution in [2.24, 2.45) is 7.05 Å². The molecular weight excluding hydrogens is 258 g/mol. The highest BCUT2D eigenvalue weighted by Crippen LogP contribution is 2.18. The van der Waals surface area contributed by atoms with Crippen molar-refractivity contribution in [2.75, 3.05) is 0 Å². The summed E-state index contributed by atoms with van der Waals surface area (Å²) in [6, 6.07) is 0. The lowest BCUT2D eigenvalue weighted by Gasteiger charge is -1.96. The van der Waals surface area contributed by atoms with Crippen molar-refractivity contribution in [3.8, 4) is 0 Å². The molecule has 2 aromatic rings. The van der Waals surface area contributed by atoms with Crippen molar-refractivity contribution in [2.45, 2.75) is 18.3 Å². The molecule has 0 amide bonds. The van der Waals surface area contributed by atoms with E-state index >= 15 is 0 Å². The molecule has 1 unspecified atom stereocenters. The number of halogens is 1. The molecule has 80 valence electrons. The van der Waals surface area contributed by atoms with Gasteiger partial charge in [0, 0.05) is 25.0 Å². The first kappa shape index (κ1) is 10.4. The van der Waals surface area contributed by atoms with Gasteiger partial charge >= 0.3 is 0 Å². The molecule has 2 aromatic heterocycles. The fourth-order valence-electron chi connectivity index (χ4n) is 1.31. The van der Waals surface area contributed by atoms with Gasteiger partial charge in [-0.05, 0) is 6.92 Å². The molecular formula is C9H12BrN5. The van der Waals surface area contributed by atoms with Gasteiger partial charge < -0.3 is 0 Å². The van der Waals surface area contributed by atoms with Crippen molar-refractivity contribution in [3.05, 3.63) is 29.8 Å². The molecule has 5 nitrogen and oxygen atoms in total. The van der Waals surface area contributed by atoms with E-state index in [1.807, 2.05) is 37.2 Å². The number of hydrogen-bond acceptors (Lipinski definition) is 3. The Morgan fingerprint density at radius 1 is 1.47 bits per heavy atom. The van der Waals surface area contributed by atoms with E-state index in [2.05, 4.69) is 31.3 Å². The molecule has 0 N–H and O–H groups in total. The van der Waals surface area contributed by atoms with Gasteiger partial charge in [-0.25, -0.2) is 4.68 Å². The highest BCUT2D eigenvalue weighted by Gasteiger charge is 2.06. The number of rotatable bonds is 3. The molecule has 2 heterocycles. The largest absolute Gasteiger partial charge is 0.275 e. The van der Waals surface area contributed by atoms with Gasteiger partial charge in [0.2, 0.25) is 0 Å². The van der Waals surface area contributed by atoms with E-state index in [0.717, 1.165) is 11.3 Å². The Morgan fingerprint density at radius 2 is 2.27 bits per heavy atom. The molecule has 0 spiro atoms. The second kappa shape index (κ2) is 4.14. The quantitative estimate of drug-likeness (QED) is 0.794. The van der Waals surface area contributed by atoms with Crippen LogP contribution in [0.15, 0.2) is 18.6 Å². The molecule has 2 rings (SSSR count). The average molecular weight is 270 g/mol. The van der Waals surface area contributed by atoms with Gasteiger partial charge in [0.05, 0.1) is 23.3 Å². The minimum atomic E-state index is 0.236. The van der Waals surface area contributed by atoms with Gasteiger partial charge in [0.25, 0.3) is 0 Å². The Labute approximate surface area is 96.2 Å². The standard InChI is InChI=1S/C9H12BrN5/c1-7(10)9-6-15(13-12-9)5-8-3-11-14(2)4-8/h3-4,6-7H,5H2,1-2H3. The average Bonchev–Trinajstić information content (AvgIpc) is 2.76. The number of alkyl halides is 1. The maximum atomic E-state index is 4.10. The van der Waals surface area contributed by atoms with Crippen molar-refractivity contribution in [1.29, 1.82) is 0 Å². The van der Waals surface area contributed by atoms with E-state index in [9.17, 15) is 0 Å². The summed E-state index contributed by atoms with van der Waals surface area (Å²) in [5.74, 6) is 0. The van der Waals surface area contributed by atoms with Crippen LogP contribution in [-0.4, -0.2) is 24.8 Å². The minimum absolute atomic E-state index is 0.236. The van der Waals surface area contributed by atoms with Crippen LogP contribution in [0.4, 0.5) is 0 Å². The van der Waals surface area contributed by atoms with Crippen molar-refractivity contribution in [3.63, 3.8) is 0 Å². The van der Waals surface area contributed by atoms with E-state index < -0.39 is 0 Å². The van der Waals surface area contributed by atoms with Gasteiger partial charge in [-0.1, -0.05) is 21.1 Å². The topological polar surface area (TPSA) is 48.5 Å². The van der Waals surface area contributed by atoms with Crippen LogP contribution in [0.2, 0.25) is 0 Å². The predicted octanol–water partition coefficient (Wildman–Crippen LogP) is 1.52. The van der Waals surface area contributed by atoms with Crippen LogP contribution < -0.4 is 0 Å². The fraction of sp³-hybridized carbons (Fsp3) is 0.444. The first-order valence-corrected chi connectivity index (χ1v) is 5.58. The number of hydrogen-bond donors (Lipinski definition) is 0. The summed E-state index contributed by atoms with van der Waals surface area (Å²) in [7, 11) is 1.90. The summed E-state index contributed by atoms with van der Waals surface area (Å²) < 4.78 is 3.59. The van der Waals surface area contributed by atoms with Crippen molar-refractivity contribution >= 4 is 15.9 Å². The maximum absolute atomic E-state index is 4.10. The lowest BCUT2D eigenvalue weighted by atomic mass is 10.3. The molecule has 0 bridgehead atoms. The van der Waals surface area contributed by atoms with Crippen LogP contribution in [0.5, 0.6) is 0 Å². The number of aryl methyl sites for hydroxylation is 1. The van der Waals surface area contributed by atoms with Gasteiger partial charge in [-0.2, -0.15) is 5.10 Å². The third kappa shape index (κ3) is 2.44. The molecule has 0 aliphatic carbocycles. The van der Waals surface area contributed by atoms with E-state index in [1.54, 1.807) is 4.68 Å². The van der Waals surface area contributed by atoms with Crippen LogP contribution in [0.3, 0.4) is 0 Å². The Morgan fingerprint density at radius 3 is 2.80 bits per heavy atom. The minimum Gasteiger partial charge on any atom is -0.275 e. The molecule has 0 saturated heterocycles. The Kier molecular flexibility index (Phi) is 2.86. The summed E-state index contributed by atoms with van der Waals surface area (Å²) in [6.07, 6.45) is 5.74. The first-order valence-electron chi connectivity index (χ1n) is 4.67. The van der Waals surface area contributed by atoms with Crippen molar-refractivity contribution in [1.82, 2.24) is 24.8 Å². The van der Waals surface area contributed by atoms with Crippen LogP contribution in [-0.2, 0) is 13.6 Å². The Bertz CT molecular complexity index is 445. The molecule has 0 aliphatic rings. The highest BCUT2D eigenvalue weighted by atomic mass is 79.9. The summed E-state index contributed by atoms with van der Waals surface area (Å²) in [5.41, 5.74) is 2.06. The molecule has 0 aliphatic heterocycles. The molecule has 0 aromatic carbocycles. The van der Waals surface area contributed by atoms with Gasteiger partial charge in [-0.3, -0.25) is 4.68 Å². The second-order valence-corrected chi connectivity index (χ2v) is 4.85. The lowest BCUT2D eigenvalue weighted by molar-refractivity contribution is 0.648. The Hall–Kier alpha value is -1.17. The van der Waals surface area contributed by atoms with Gasteiger partial charge in [0.15, 0.2) is 0 Å². The zero-order valence-corrected chi connectivity index (χ0v) is 10.2. The summed E-state index contributed by atoms with van der Waals surface area (Å²) in [6.45, 7) is 2.74. The third-order valence-electron chi connectivity index (χ3n) is 2.07. The molecule has 0 fully saturated rings. The monoisotopic (exact) mass is 269 g/mol. The number of nitrogens with zero attached hydrogens (tertiary/aromatic N) is 5. The predicted molar refractivity (Wildman–Crippen MR) is 59.7 cm³/mol. The molecule has 15 heavy (non-hydrogen) atoms. The zero-order valence-electron chi connectivity index (χ0n) is 8.63.